The molecule has 15 heavy (non-hydrogen) atoms. The second-order valence-electron chi connectivity index (χ2n) is 3.15. The van der Waals surface area contributed by atoms with E-state index < -0.39 is 0 Å². The fourth-order valence-electron chi connectivity index (χ4n) is 1.63. The van der Waals surface area contributed by atoms with Crippen molar-refractivity contribution in [2.75, 3.05) is 7.11 Å². The molecule has 0 saturated carbocycles. The number of ether oxygens (including phenoxy) is 1. The number of rotatable bonds is 2. The van der Waals surface area contributed by atoms with Crippen LogP contribution in [0.2, 0.25) is 0 Å². The lowest BCUT2D eigenvalue weighted by Gasteiger charge is -2.07. The van der Waals surface area contributed by atoms with Gasteiger partial charge in [0.25, 0.3) is 0 Å². The Kier molecular flexibility index (Phi) is 2.67. The van der Waals surface area contributed by atoms with Gasteiger partial charge in [-0.25, -0.2) is 4.39 Å². The molecule has 0 amide bonds. The van der Waals surface area contributed by atoms with E-state index in [2.05, 4.69) is 20.9 Å². The van der Waals surface area contributed by atoms with E-state index in [0.29, 0.717) is 22.3 Å². The minimum absolute atomic E-state index is 0.326. The van der Waals surface area contributed by atoms with Crippen LogP contribution in [0.5, 0.6) is 5.75 Å². The zero-order valence-corrected chi connectivity index (χ0v) is 9.69. The van der Waals surface area contributed by atoms with Crippen molar-refractivity contribution < 1.29 is 9.13 Å². The van der Waals surface area contributed by atoms with Crippen molar-refractivity contribution >= 4 is 26.8 Å². The Morgan fingerprint density at radius 1 is 1.60 bits per heavy atom. The van der Waals surface area contributed by atoms with Gasteiger partial charge in [0.05, 0.1) is 17.1 Å². The maximum absolute atomic E-state index is 13.4. The molecule has 0 fully saturated rings. The van der Waals surface area contributed by atoms with Gasteiger partial charge >= 0.3 is 0 Å². The second kappa shape index (κ2) is 3.83. The molecule has 80 valence electrons. The van der Waals surface area contributed by atoms with E-state index in [4.69, 9.17) is 10.5 Å². The van der Waals surface area contributed by atoms with Crippen LogP contribution in [-0.2, 0) is 6.54 Å². The molecular weight excluding hydrogens is 263 g/mol. The summed E-state index contributed by atoms with van der Waals surface area (Å²) in [5.74, 6) is 0.122. The minimum atomic E-state index is -0.357. The number of methoxy groups -OCH3 is 1. The van der Waals surface area contributed by atoms with E-state index in [1.165, 1.54) is 13.2 Å². The molecule has 0 radical (unpaired) electrons. The Morgan fingerprint density at radius 2 is 2.33 bits per heavy atom. The number of halogens is 2. The van der Waals surface area contributed by atoms with E-state index in [1.54, 1.807) is 6.20 Å². The molecule has 3 nitrogen and oxygen atoms in total. The van der Waals surface area contributed by atoms with Gasteiger partial charge in [0.15, 0.2) is 0 Å². The molecule has 0 aliphatic heterocycles. The zero-order valence-electron chi connectivity index (χ0n) is 8.10. The number of nitrogens with two attached hydrogens (primary N) is 1. The average molecular weight is 273 g/mol. The SMILES string of the molecule is COc1c(Br)c(F)cc2[nH]cc(CN)c12. The number of aromatic amines is 1. The summed E-state index contributed by atoms with van der Waals surface area (Å²) in [6, 6.07) is 1.42. The molecule has 2 rings (SSSR count). The highest BCUT2D eigenvalue weighted by Gasteiger charge is 2.15. The van der Waals surface area contributed by atoms with Crippen molar-refractivity contribution in [2.45, 2.75) is 6.54 Å². The molecule has 1 heterocycles. The van der Waals surface area contributed by atoms with Crippen LogP contribution >= 0.6 is 15.9 Å². The summed E-state index contributed by atoms with van der Waals surface area (Å²) in [4.78, 5) is 2.96. The molecule has 2 aromatic rings. The number of aromatic nitrogens is 1. The fourth-order valence-corrected chi connectivity index (χ4v) is 2.10. The van der Waals surface area contributed by atoms with Gasteiger partial charge in [0.1, 0.15) is 11.6 Å². The Hall–Kier alpha value is -1.07. The van der Waals surface area contributed by atoms with Crippen molar-refractivity contribution in [3.8, 4) is 5.75 Å². The van der Waals surface area contributed by atoms with E-state index in [1.807, 2.05) is 0 Å². The maximum atomic E-state index is 13.4. The highest BCUT2D eigenvalue weighted by Crippen LogP contribution is 2.37. The highest BCUT2D eigenvalue weighted by atomic mass is 79.9. The first-order valence-electron chi connectivity index (χ1n) is 4.41. The van der Waals surface area contributed by atoms with Crippen molar-refractivity contribution in [2.24, 2.45) is 5.73 Å². The largest absolute Gasteiger partial charge is 0.495 e. The van der Waals surface area contributed by atoms with Gasteiger partial charge in [-0.3, -0.25) is 0 Å². The maximum Gasteiger partial charge on any atom is 0.145 e. The van der Waals surface area contributed by atoms with E-state index in [9.17, 15) is 4.39 Å². The first-order chi connectivity index (χ1) is 7.19. The Balaban J connectivity index is 2.86. The third-order valence-electron chi connectivity index (χ3n) is 2.32. The van der Waals surface area contributed by atoms with Gasteiger partial charge < -0.3 is 15.5 Å². The molecule has 0 bridgehead atoms. The summed E-state index contributed by atoms with van der Waals surface area (Å²) in [5.41, 5.74) is 7.18. The summed E-state index contributed by atoms with van der Waals surface area (Å²) < 4.78 is 18.9. The van der Waals surface area contributed by atoms with Gasteiger partial charge in [-0.05, 0) is 27.6 Å². The third-order valence-corrected chi connectivity index (χ3v) is 3.06. The normalized spacial score (nSPS) is 10.9. The fraction of sp³-hybridized carbons (Fsp3) is 0.200. The van der Waals surface area contributed by atoms with Crippen molar-refractivity contribution in [3.63, 3.8) is 0 Å². The summed E-state index contributed by atoms with van der Waals surface area (Å²) >= 11 is 3.15. The number of fused-ring (bicyclic) bond motifs is 1. The number of hydrogen-bond donors (Lipinski definition) is 2. The molecule has 1 aromatic carbocycles. The van der Waals surface area contributed by atoms with E-state index >= 15 is 0 Å². The van der Waals surface area contributed by atoms with E-state index in [0.717, 1.165) is 10.9 Å². The Labute approximate surface area is 94.5 Å². The first kappa shape index (κ1) is 10.4. The third kappa shape index (κ3) is 1.52. The van der Waals surface area contributed by atoms with Gasteiger partial charge in [0, 0.05) is 18.1 Å². The Morgan fingerprint density at radius 3 is 2.93 bits per heavy atom. The monoisotopic (exact) mass is 272 g/mol. The topological polar surface area (TPSA) is 51.0 Å². The minimum Gasteiger partial charge on any atom is -0.495 e. The summed E-state index contributed by atoms with van der Waals surface area (Å²) in [6.07, 6.45) is 1.76. The molecule has 3 N–H and O–H groups in total. The van der Waals surface area contributed by atoms with Crippen LogP contribution in [0.25, 0.3) is 10.9 Å². The van der Waals surface area contributed by atoms with Gasteiger partial charge in [-0.15, -0.1) is 0 Å². The summed E-state index contributed by atoms with van der Waals surface area (Å²) in [7, 11) is 1.51. The van der Waals surface area contributed by atoms with Gasteiger partial charge in [-0.1, -0.05) is 0 Å². The predicted molar refractivity (Wildman–Crippen MR) is 60.4 cm³/mol. The summed E-state index contributed by atoms with van der Waals surface area (Å²) in [5, 5.41) is 0.827. The molecule has 0 spiro atoms. The smallest absolute Gasteiger partial charge is 0.145 e. The molecule has 0 aliphatic carbocycles. The lowest BCUT2D eigenvalue weighted by molar-refractivity contribution is 0.413. The van der Waals surface area contributed by atoms with Crippen molar-refractivity contribution in [3.05, 3.63) is 28.1 Å². The molecule has 0 unspecified atom stereocenters. The molecular formula is C10H10BrFN2O. The number of nitrogens with one attached hydrogen (secondary N) is 1. The first-order valence-corrected chi connectivity index (χ1v) is 5.20. The van der Waals surface area contributed by atoms with Crippen LogP contribution in [0.3, 0.4) is 0 Å². The van der Waals surface area contributed by atoms with Gasteiger partial charge in [0.2, 0.25) is 0 Å². The number of H-pyrrole nitrogens is 1. The van der Waals surface area contributed by atoms with Crippen LogP contribution in [-0.4, -0.2) is 12.1 Å². The lowest BCUT2D eigenvalue weighted by Crippen LogP contribution is -1.96. The predicted octanol–water partition coefficient (Wildman–Crippen LogP) is 2.54. The van der Waals surface area contributed by atoms with Crippen LogP contribution in [0, 0.1) is 5.82 Å². The highest BCUT2D eigenvalue weighted by molar-refractivity contribution is 9.10. The standard InChI is InChI=1S/C10H10BrFN2O/c1-15-10-8-5(3-13)4-14-7(8)2-6(12)9(10)11/h2,4,14H,3,13H2,1H3. The van der Waals surface area contributed by atoms with E-state index in [-0.39, 0.29) is 5.82 Å². The van der Waals surface area contributed by atoms with Crippen molar-refractivity contribution in [1.29, 1.82) is 0 Å². The molecule has 1 aromatic heterocycles. The molecule has 5 heteroatoms. The Bertz CT molecular complexity index is 510. The van der Waals surface area contributed by atoms with Crippen LogP contribution in [0.15, 0.2) is 16.7 Å². The van der Waals surface area contributed by atoms with Gasteiger partial charge in [-0.2, -0.15) is 0 Å². The van der Waals surface area contributed by atoms with Crippen LogP contribution < -0.4 is 10.5 Å². The second-order valence-corrected chi connectivity index (χ2v) is 3.94. The average Bonchev–Trinajstić information content (AvgIpc) is 2.62. The van der Waals surface area contributed by atoms with Crippen LogP contribution in [0.4, 0.5) is 4.39 Å². The summed E-state index contributed by atoms with van der Waals surface area (Å²) in [6.45, 7) is 0.383. The van der Waals surface area contributed by atoms with Crippen molar-refractivity contribution in [1.82, 2.24) is 4.98 Å². The number of benzene rings is 1. The molecule has 0 aliphatic rings. The van der Waals surface area contributed by atoms with Crippen LogP contribution in [0.1, 0.15) is 5.56 Å². The molecule has 0 atom stereocenters. The molecule has 0 saturated heterocycles. The zero-order chi connectivity index (χ0) is 11.0. The number of hydrogen-bond acceptors (Lipinski definition) is 2. The lowest BCUT2D eigenvalue weighted by atomic mass is 10.1. The quantitative estimate of drug-likeness (QED) is 0.883.